The molecule has 2 unspecified atom stereocenters. The zero-order valence-corrected chi connectivity index (χ0v) is 11.5. The number of nitrogens with zero attached hydrogens (tertiary/aromatic N) is 2. The molecule has 4 heteroatoms. The van der Waals surface area contributed by atoms with E-state index in [0.717, 1.165) is 25.8 Å². The molecule has 0 amide bonds. The van der Waals surface area contributed by atoms with Crippen molar-refractivity contribution in [1.82, 2.24) is 15.1 Å². The Morgan fingerprint density at radius 1 is 1.47 bits per heavy atom. The zero-order valence-electron chi connectivity index (χ0n) is 11.5. The van der Waals surface area contributed by atoms with Crippen LogP contribution in [0.2, 0.25) is 0 Å². The van der Waals surface area contributed by atoms with Gasteiger partial charge in [-0.25, -0.2) is 0 Å². The van der Waals surface area contributed by atoms with Gasteiger partial charge in [-0.2, -0.15) is 0 Å². The van der Waals surface area contributed by atoms with E-state index in [2.05, 4.69) is 29.2 Å². The molecule has 0 aromatic heterocycles. The first-order chi connectivity index (χ1) is 8.15. The van der Waals surface area contributed by atoms with Crippen molar-refractivity contribution in [3.05, 3.63) is 0 Å². The molecule has 100 valence electrons. The van der Waals surface area contributed by atoms with E-state index >= 15 is 0 Å². The molecule has 1 N–H and O–H groups in total. The van der Waals surface area contributed by atoms with Gasteiger partial charge >= 0.3 is 0 Å². The highest BCUT2D eigenvalue weighted by molar-refractivity contribution is 4.91. The Bertz CT molecular complexity index is 239. The molecule has 2 aliphatic rings. The Morgan fingerprint density at radius 2 is 2.29 bits per heavy atom. The van der Waals surface area contributed by atoms with Gasteiger partial charge in [0.1, 0.15) is 0 Å². The molecule has 2 saturated heterocycles. The van der Waals surface area contributed by atoms with E-state index in [9.17, 15) is 0 Å². The van der Waals surface area contributed by atoms with E-state index in [1.165, 1.54) is 32.5 Å². The third kappa shape index (κ3) is 3.19. The minimum atomic E-state index is 0.357. The molecule has 2 fully saturated rings. The van der Waals surface area contributed by atoms with Crippen LogP contribution in [0.1, 0.15) is 12.8 Å². The minimum absolute atomic E-state index is 0.357. The normalized spacial score (nSPS) is 34.9. The fraction of sp³-hybridized carbons (Fsp3) is 1.00. The summed E-state index contributed by atoms with van der Waals surface area (Å²) in [5.74, 6) is 0. The van der Waals surface area contributed by atoms with E-state index in [1.807, 2.05) is 7.05 Å². The van der Waals surface area contributed by atoms with E-state index in [0.29, 0.717) is 5.41 Å². The van der Waals surface area contributed by atoms with Gasteiger partial charge in [-0.05, 0) is 40.5 Å². The van der Waals surface area contributed by atoms with Gasteiger partial charge < -0.3 is 19.9 Å². The molecule has 0 aromatic carbocycles. The first kappa shape index (κ1) is 13.3. The van der Waals surface area contributed by atoms with Crippen LogP contribution < -0.4 is 5.32 Å². The van der Waals surface area contributed by atoms with Gasteiger partial charge in [0.2, 0.25) is 0 Å². The van der Waals surface area contributed by atoms with E-state index in [1.54, 1.807) is 0 Å². The van der Waals surface area contributed by atoms with Crippen LogP contribution >= 0.6 is 0 Å². The highest BCUT2D eigenvalue weighted by Crippen LogP contribution is 2.30. The first-order valence-electron chi connectivity index (χ1n) is 6.76. The third-order valence-corrected chi connectivity index (χ3v) is 4.27. The Labute approximate surface area is 105 Å². The van der Waals surface area contributed by atoms with Crippen LogP contribution in [0.15, 0.2) is 0 Å². The monoisotopic (exact) mass is 241 g/mol. The van der Waals surface area contributed by atoms with Crippen molar-refractivity contribution in [2.75, 3.05) is 60.5 Å². The number of likely N-dealkylation sites (N-methyl/N-ethyl adjacent to an activating group) is 1. The fourth-order valence-electron chi connectivity index (χ4n) is 3.20. The molecule has 0 radical (unpaired) electrons. The Hall–Kier alpha value is -0.160. The molecule has 0 saturated carbocycles. The number of ether oxygens (including phenoxy) is 1. The average Bonchev–Trinajstić information content (AvgIpc) is 2.89. The first-order valence-corrected chi connectivity index (χ1v) is 6.76. The molecule has 2 aliphatic heterocycles. The lowest BCUT2D eigenvalue weighted by Crippen LogP contribution is -2.44. The third-order valence-electron chi connectivity index (χ3n) is 4.27. The predicted molar refractivity (Wildman–Crippen MR) is 70.3 cm³/mol. The van der Waals surface area contributed by atoms with Crippen LogP contribution in [0.3, 0.4) is 0 Å². The Kier molecular flexibility index (Phi) is 4.42. The molecule has 17 heavy (non-hydrogen) atoms. The van der Waals surface area contributed by atoms with Crippen molar-refractivity contribution in [1.29, 1.82) is 0 Å². The van der Waals surface area contributed by atoms with Crippen molar-refractivity contribution < 1.29 is 4.74 Å². The van der Waals surface area contributed by atoms with Gasteiger partial charge in [0.25, 0.3) is 0 Å². The van der Waals surface area contributed by atoms with Crippen LogP contribution in [0.4, 0.5) is 0 Å². The smallest absolute Gasteiger partial charge is 0.0547 e. The lowest BCUT2D eigenvalue weighted by Gasteiger charge is -2.32. The van der Waals surface area contributed by atoms with Crippen LogP contribution in [0.25, 0.3) is 0 Å². The second kappa shape index (κ2) is 5.65. The minimum Gasteiger partial charge on any atom is -0.381 e. The highest BCUT2D eigenvalue weighted by Gasteiger charge is 2.38. The van der Waals surface area contributed by atoms with Gasteiger partial charge in [0.15, 0.2) is 0 Å². The summed E-state index contributed by atoms with van der Waals surface area (Å²) in [6.45, 7) is 6.60. The zero-order chi connectivity index (χ0) is 12.3. The SMILES string of the molecule is CNCC1(CN2CCC(N(C)C)C2)CCOC1. The molecule has 0 aromatic rings. The number of nitrogens with one attached hydrogen (secondary N) is 1. The molecular weight excluding hydrogens is 214 g/mol. The number of likely N-dealkylation sites (tertiary alicyclic amines) is 1. The highest BCUT2D eigenvalue weighted by atomic mass is 16.5. The lowest BCUT2D eigenvalue weighted by molar-refractivity contribution is 0.117. The van der Waals surface area contributed by atoms with E-state index < -0.39 is 0 Å². The van der Waals surface area contributed by atoms with Gasteiger partial charge in [0.05, 0.1) is 6.61 Å². The summed E-state index contributed by atoms with van der Waals surface area (Å²) in [6, 6.07) is 0.740. The second-order valence-electron chi connectivity index (χ2n) is 5.97. The fourth-order valence-corrected chi connectivity index (χ4v) is 3.20. The van der Waals surface area contributed by atoms with Gasteiger partial charge in [0, 0.05) is 37.7 Å². The van der Waals surface area contributed by atoms with Gasteiger partial charge in [-0.3, -0.25) is 0 Å². The van der Waals surface area contributed by atoms with Gasteiger partial charge in [-0.1, -0.05) is 0 Å². The van der Waals surface area contributed by atoms with Crippen LogP contribution in [-0.4, -0.2) is 76.4 Å². The van der Waals surface area contributed by atoms with Crippen molar-refractivity contribution in [2.45, 2.75) is 18.9 Å². The standard InChI is InChI=1S/C13H27N3O/c1-14-9-13(5-7-17-11-13)10-16-6-4-12(8-16)15(2)3/h12,14H,4-11H2,1-3H3. The molecule has 4 nitrogen and oxygen atoms in total. The topological polar surface area (TPSA) is 27.7 Å². The summed E-state index contributed by atoms with van der Waals surface area (Å²) in [5.41, 5.74) is 0.357. The summed E-state index contributed by atoms with van der Waals surface area (Å²) in [5, 5.41) is 3.34. The van der Waals surface area contributed by atoms with Crippen LogP contribution in [-0.2, 0) is 4.74 Å². The Morgan fingerprint density at radius 3 is 2.82 bits per heavy atom. The molecule has 0 bridgehead atoms. The molecule has 2 heterocycles. The summed E-state index contributed by atoms with van der Waals surface area (Å²) in [6.07, 6.45) is 2.51. The summed E-state index contributed by atoms with van der Waals surface area (Å²) < 4.78 is 5.62. The number of hydrogen-bond donors (Lipinski definition) is 1. The molecule has 2 atom stereocenters. The molecule has 2 rings (SSSR count). The summed E-state index contributed by atoms with van der Waals surface area (Å²) >= 11 is 0. The quantitative estimate of drug-likeness (QED) is 0.747. The second-order valence-corrected chi connectivity index (χ2v) is 5.97. The maximum absolute atomic E-state index is 5.62. The summed E-state index contributed by atoms with van der Waals surface area (Å²) in [7, 11) is 6.43. The van der Waals surface area contributed by atoms with Crippen LogP contribution in [0, 0.1) is 5.41 Å². The van der Waals surface area contributed by atoms with Crippen molar-refractivity contribution in [3.8, 4) is 0 Å². The molecule has 0 spiro atoms. The lowest BCUT2D eigenvalue weighted by atomic mass is 9.86. The van der Waals surface area contributed by atoms with E-state index in [4.69, 9.17) is 4.74 Å². The number of hydrogen-bond acceptors (Lipinski definition) is 4. The Balaban J connectivity index is 1.87. The molecular formula is C13H27N3O. The van der Waals surface area contributed by atoms with E-state index in [-0.39, 0.29) is 0 Å². The molecule has 0 aliphatic carbocycles. The van der Waals surface area contributed by atoms with Gasteiger partial charge in [-0.15, -0.1) is 0 Å². The average molecular weight is 241 g/mol. The number of rotatable bonds is 5. The predicted octanol–water partition coefficient (Wildman–Crippen LogP) is 0.248. The summed E-state index contributed by atoms with van der Waals surface area (Å²) in [4.78, 5) is 4.98. The van der Waals surface area contributed by atoms with Crippen molar-refractivity contribution >= 4 is 0 Å². The van der Waals surface area contributed by atoms with Crippen LogP contribution in [0.5, 0.6) is 0 Å². The van der Waals surface area contributed by atoms with Crippen molar-refractivity contribution in [3.63, 3.8) is 0 Å². The van der Waals surface area contributed by atoms with Crippen molar-refractivity contribution in [2.24, 2.45) is 5.41 Å². The maximum Gasteiger partial charge on any atom is 0.0547 e. The maximum atomic E-state index is 5.62. The largest absolute Gasteiger partial charge is 0.381 e.